The van der Waals surface area contributed by atoms with E-state index in [4.69, 9.17) is 4.74 Å². The maximum absolute atomic E-state index is 12.9. The Bertz CT molecular complexity index is 937. The van der Waals surface area contributed by atoms with Gasteiger partial charge in [-0.1, -0.05) is 30.3 Å². The molecule has 0 bridgehead atoms. The molecule has 1 heterocycles. The number of halogens is 3. The lowest BCUT2D eigenvalue weighted by atomic mass is 9.78. The van der Waals surface area contributed by atoms with Crippen molar-refractivity contribution in [3.8, 4) is 5.75 Å². The van der Waals surface area contributed by atoms with Gasteiger partial charge in [-0.15, -0.1) is 11.3 Å². The summed E-state index contributed by atoms with van der Waals surface area (Å²) in [5, 5.41) is 5.56. The average Bonchev–Trinajstić information content (AvgIpc) is 3.20. The molecular weight excluding hydrogens is 395 g/mol. The minimum absolute atomic E-state index is 0.129. The molecule has 3 atom stereocenters. The maximum atomic E-state index is 12.9. The normalized spacial score (nSPS) is 20.1. The molecule has 1 aliphatic rings. The summed E-state index contributed by atoms with van der Waals surface area (Å²) >= 11 is 1.77. The van der Waals surface area contributed by atoms with Crippen LogP contribution in [0.3, 0.4) is 0 Å². The van der Waals surface area contributed by atoms with Crippen LogP contribution in [-0.4, -0.2) is 7.05 Å². The van der Waals surface area contributed by atoms with Crippen LogP contribution in [0.1, 0.15) is 40.1 Å². The lowest BCUT2D eigenvalue weighted by molar-refractivity contribution is -0.137. The van der Waals surface area contributed by atoms with E-state index in [1.54, 1.807) is 11.3 Å². The number of aryl methyl sites for hydroxylation is 1. The van der Waals surface area contributed by atoms with Crippen molar-refractivity contribution in [2.24, 2.45) is 5.92 Å². The van der Waals surface area contributed by atoms with Gasteiger partial charge in [0.15, 0.2) is 0 Å². The summed E-state index contributed by atoms with van der Waals surface area (Å²) < 4.78 is 45.0. The Hall–Kier alpha value is -2.31. The van der Waals surface area contributed by atoms with Crippen LogP contribution in [0.4, 0.5) is 13.2 Å². The number of hydrogen-bond donors (Lipinski definition) is 1. The topological polar surface area (TPSA) is 21.3 Å². The van der Waals surface area contributed by atoms with Gasteiger partial charge in [-0.3, -0.25) is 0 Å². The molecule has 4 rings (SSSR count). The first-order chi connectivity index (χ1) is 14.0. The number of fused-ring (bicyclic) bond motifs is 1. The zero-order valence-electron chi connectivity index (χ0n) is 15.9. The van der Waals surface area contributed by atoms with Crippen molar-refractivity contribution >= 4 is 11.3 Å². The highest BCUT2D eigenvalue weighted by atomic mass is 32.1. The van der Waals surface area contributed by atoms with E-state index in [0.717, 1.165) is 30.5 Å². The molecule has 1 aromatic heterocycles. The van der Waals surface area contributed by atoms with Gasteiger partial charge in [0.2, 0.25) is 0 Å². The first-order valence-electron chi connectivity index (χ1n) is 9.60. The number of thiophene rings is 1. The van der Waals surface area contributed by atoms with Crippen molar-refractivity contribution in [1.82, 2.24) is 5.32 Å². The number of alkyl halides is 3. The molecule has 0 fully saturated rings. The second-order valence-electron chi connectivity index (χ2n) is 7.24. The van der Waals surface area contributed by atoms with Crippen LogP contribution in [-0.2, 0) is 12.6 Å². The van der Waals surface area contributed by atoms with Gasteiger partial charge in [-0.25, -0.2) is 0 Å². The summed E-state index contributed by atoms with van der Waals surface area (Å²) in [7, 11) is 1.95. The first-order valence-corrected chi connectivity index (χ1v) is 10.5. The van der Waals surface area contributed by atoms with Crippen molar-refractivity contribution in [2.45, 2.75) is 31.2 Å². The standard InChI is InChI=1S/C23H22F3NOS/c1-27-21-18-13-14-29-20(18)12-11-19(21)22(15-5-3-2-4-6-15)28-17-9-7-16(8-10-17)23(24,25)26/h2-10,13-14,19,21-22,27H,11-12H2,1H3. The zero-order chi connectivity index (χ0) is 20.4. The summed E-state index contributed by atoms with van der Waals surface area (Å²) in [6.45, 7) is 0. The summed E-state index contributed by atoms with van der Waals surface area (Å²) in [6, 6.07) is 17.2. The third kappa shape index (κ3) is 4.19. The highest BCUT2D eigenvalue weighted by Crippen LogP contribution is 2.45. The van der Waals surface area contributed by atoms with Gasteiger partial charge in [0.25, 0.3) is 0 Å². The van der Waals surface area contributed by atoms with Crippen LogP contribution < -0.4 is 10.1 Å². The van der Waals surface area contributed by atoms with Gasteiger partial charge in [-0.2, -0.15) is 13.2 Å². The molecule has 0 amide bonds. The predicted octanol–water partition coefficient (Wildman–Crippen LogP) is 6.41. The Balaban J connectivity index is 1.66. The molecule has 3 unspecified atom stereocenters. The van der Waals surface area contributed by atoms with Crippen molar-refractivity contribution in [3.05, 3.63) is 87.6 Å². The Morgan fingerprint density at radius 2 is 1.76 bits per heavy atom. The number of benzene rings is 2. The van der Waals surface area contributed by atoms with Crippen LogP contribution in [0.25, 0.3) is 0 Å². The number of rotatable bonds is 5. The van der Waals surface area contributed by atoms with Crippen molar-refractivity contribution in [3.63, 3.8) is 0 Å². The third-order valence-corrected chi connectivity index (χ3v) is 6.52. The molecule has 0 radical (unpaired) electrons. The predicted molar refractivity (Wildman–Crippen MR) is 109 cm³/mol. The molecular formula is C23H22F3NOS. The second kappa shape index (κ2) is 8.20. The van der Waals surface area contributed by atoms with Crippen LogP contribution in [0.2, 0.25) is 0 Å². The fourth-order valence-corrected chi connectivity index (χ4v) is 5.08. The van der Waals surface area contributed by atoms with Crippen molar-refractivity contribution < 1.29 is 17.9 Å². The van der Waals surface area contributed by atoms with E-state index in [1.807, 2.05) is 37.4 Å². The second-order valence-corrected chi connectivity index (χ2v) is 8.24. The van der Waals surface area contributed by atoms with Crippen LogP contribution in [0, 0.1) is 5.92 Å². The molecule has 1 aliphatic carbocycles. The van der Waals surface area contributed by atoms with E-state index < -0.39 is 11.7 Å². The third-order valence-electron chi connectivity index (χ3n) is 5.52. The number of nitrogens with one attached hydrogen (secondary N) is 1. The van der Waals surface area contributed by atoms with Crippen molar-refractivity contribution in [1.29, 1.82) is 0 Å². The van der Waals surface area contributed by atoms with Crippen LogP contribution in [0.15, 0.2) is 66.0 Å². The average molecular weight is 417 g/mol. The molecule has 0 aliphatic heterocycles. The lowest BCUT2D eigenvalue weighted by Crippen LogP contribution is -2.35. The Morgan fingerprint density at radius 3 is 2.41 bits per heavy atom. The van der Waals surface area contributed by atoms with E-state index in [9.17, 15) is 13.2 Å². The van der Waals surface area contributed by atoms with Gasteiger partial charge in [0, 0.05) is 16.8 Å². The number of hydrogen-bond acceptors (Lipinski definition) is 3. The monoisotopic (exact) mass is 417 g/mol. The molecule has 0 saturated carbocycles. The van der Waals surface area contributed by atoms with E-state index in [2.05, 4.69) is 16.8 Å². The SMILES string of the molecule is CNC1c2ccsc2CCC1C(Oc1ccc(C(F)(F)F)cc1)c1ccccc1. The minimum Gasteiger partial charge on any atom is -0.485 e. The highest BCUT2D eigenvalue weighted by molar-refractivity contribution is 7.10. The van der Waals surface area contributed by atoms with E-state index in [0.29, 0.717) is 5.75 Å². The highest BCUT2D eigenvalue weighted by Gasteiger charge is 2.37. The first kappa shape index (κ1) is 20.0. The molecule has 3 aromatic rings. The molecule has 1 N–H and O–H groups in total. The quantitative estimate of drug-likeness (QED) is 0.518. The molecule has 0 saturated heterocycles. The number of ether oxygens (including phenoxy) is 1. The lowest BCUT2D eigenvalue weighted by Gasteiger charge is -2.37. The molecule has 0 spiro atoms. The smallest absolute Gasteiger partial charge is 0.416 e. The summed E-state index contributed by atoms with van der Waals surface area (Å²) in [4.78, 5) is 1.39. The van der Waals surface area contributed by atoms with Crippen molar-refractivity contribution in [2.75, 3.05) is 7.05 Å². The summed E-state index contributed by atoms with van der Waals surface area (Å²) in [5.74, 6) is 0.601. The minimum atomic E-state index is -4.35. The summed E-state index contributed by atoms with van der Waals surface area (Å²) in [5.41, 5.74) is 1.65. The van der Waals surface area contributed by atoms with E-state index >= 15 is 0 Å². The fourth-order valence-electron chi connectivity index (χ4n) is 4.14. The van der Waals surface area contributed by atoms with E-state index in [1.165, 1.54) is 22.6 Å². The molecule has 2 nitrogen and oxygen atoms in total. The molecule has 2 aromatic carbocycles. The fraction of sp³-hybridized carbons (Fsp3) is 0.304. The van der Waals surface area contributed by atoms with Crippen LogP contribution in [0.5, 0.6) is 5.75 Å². The van der Waals surface area contributed by atoms with Gasteiger partial charge >= 0.3 is 6.18 Å². The Kier molecular flexibility index (Phi) is 5.65. The van der Waals surface area contributed by atoms with E-state index in [-0.39, 0.29) is 18.1 Å². The molecule has 152 valence electrons. The zero-order valence-corrected chi connectivity index (χ0v) is 16.8. The van der Waals surface area contributed by atoms with Gasteiger partial charge < -0.3 is 10.1 Å². The largest absolute Gasteiger partial charge is 0.485 e. The summed E-state index contributed by atoms with van der Waals surface area (Å²) in [6.07, 6.45) is -2.69. The van der Waals surface area contributed by atoms with Gasteiger partial charge in [-0.05, 0) is 66.7 Å². The van der Waals surface area contributed by atoms with Gasteiger partial charge in [0.05, 0.1) is 5.56 Å². The Labute approximate surface area is 172 Å². The molecule has 6 heteroatoms. The van der Waals surface area contributed by atoms with Crippen LogP contribution >= 0.6 is 11.3 Å². The Morgan fingerprint density at radius 1 is 1.03 bits per heavy atom. The van der Waals surface area contributed by atoms with Gasteiger partial charge in [0.1, 0.15) is 11.9 Å². The maximum Gasteiger partial charge on any atom is 0.416 e. The molecule has 29 heavy (non-hydrogen) atoms.